The van der Waals surface area contributed by atoms with E-state index in [1.165, 1.54) is 11.5 Å². The molecule has 4 nitrogen and oxygen atoms in total. The maximum absolute atomic E-state index is 5.47. The minimum Gasteiger partial charge on any atom is -0.467 e. The fourth-order valence-electron chi connectivity index (χ4n) is 1.76. The second-order valence-corrected chi connectivity index (χ2v) is 5.76. The summed E-state index contributed by atoms with van der Waals surface area (Å²) in [5.74, 6) is 0.893. The molecular formula is C12H17N3OS. The zero-order chi connectivity index (χ0) is 12.5. The summed E-state index contributed by atoms with van der Waals surface area (Å²) in [7, 11) is 1.92. The normalized spacial score (nSPS) is 13.9. The van der Waals surface area contributed by atoms with Gasteiger partial charge in [0.15, 0.2) is 0 Å². The van der Waals surface area contributed by atoms with Gasteiger partial charge in [-0.3, -0.25) is 0 Å². The van der Waals surface area contributed by atoms with Crippen LogP contribution in [0.5, 0.6) is 0 Å². The first kappa shape index (κ1) is 12.3. The van der Waals surface area contributed by atoms with Crippen molar-refractivity contribution in [2.45, 2.75) is 32.2 Å². The highest BCUT2D eigenvalue weighted by Gasteiger charge is 2.28. The first-order valence-electron chi connectivity index (χ1n) is 5.57. The fourth-order valence-corrected chi connectivity index (χ4v) is 2.75. The van der Waals surface area contributed by atoms with Crippen molar-refractivity contribution in [1.29, 1.82) is 0 Å². The number of furan rings is 1. The third kappa shape index (κ3) is 2.40. The van der Waals surface area contributed by atoms with Gasteiger partial charge in [0, 0.05) is 5.41 Å². The van der Waals surface area contributed by atoms with Crippen LogP contribution in [0.1, 0.15) is 43.1 Å². The number of aromatic nitrogens is 2. The van der Waals surface area contributed by atoms with Crippen LogP contribution in [-0.2, 0) is 5.41 Å². The van der Waals surface area contributed by atoms with Crippen LogP contribution >= 0.6 is 11.5 Å². The van der Waals surface area contributed by atoms with Crippen LogP contribution in [0, 0.1) is 0 Å². The first-order chi connectivity index (χ1) is 8.04. The van der Waals surface area contributed by atoms with Gasteiger partial charge in [-0.2, -0.15) is 0 Å². The Morgan fingerprint density at radius 1 is 1.41 bits per heavy atom. The van der Waals surface area contributed by atoms with Gasteiger partial charge in [-0.15, -0.1) is 5.10 Å². The second kappa shape index (κ2) is 4.58. The summed E-state index contributed by atoms with van der Waals surface area (Å²) < 4.78 is 9.54. The molecule has 2 aromatic heterocycles. The predicted molar refractivity (Wildman–Crippen MR) is 68.2 cm³/mol. The lowest BCUT2D eigenvalue weighted by Gasteiger charge is -2.20. The number of rotatable bonds is 3. The lowest BCUT2D eigenvalue weighted by molar-refractivity contribution is 0.458. The summed E-state index contributed by atoms with van der Waals surface area (Å²) in [6.07, 6.45) is 1.69. The van der Waals surface area contributed by atoms with E-state index >= 15 is 0 Å². The second-order valence-electron chi connectivity index (χ2n) is 4.97. The molecule has 5 heteroatoms. The Hall–Kier alpha value is -1.20. The highest BCUT2D eigenvalue weighted by Crippen LogP contribution is 2.33. The topological polar surface area (TPSA) is 51.0 Å². The van der Waals surface area contributed by atoms with Gasteiger partial charge in [0.05, 0.1) is 16.8 Å². The largest absolute Gasteiger partial charge is 0.467 e. The quantitative estimate of drug-likeness (QED) is 0.911. The van der Waals surface area contributed by atoms with Crippen molar-refractivity contribution >= 4 is 11.5 Å². The minimum atomic E-state index is -0.00989. The van der Waals surface area contributed by atoms with Crippen LogP contribution in [0.25, 0.3) is 0 Å². The Morgan fingerprint density at radius 2 is 2.18 bits per heavy atom. The fraction of sp³-hybridized carbons (Fsp3) is 0.500. The molecule has 0 spiro atoms. The van der Waals surface area contributed by atoms with E-state index in [1.807, 2.05) is 19.2 Å². The van der Waals surface area contributed by atoms with Crippen LogP contribution in [0.2, 0.25) is 0 Å². The van der Waals surface area contributed by atoms with Crippen LogP contribution < -0.4 is 5.32 Å². The Labute approximate surface area is 105 Å². The van der Waals surface area contributed by atoms with E-state index in [2.05, 4.69) is 35.7 Å². The molecule has 0 bridgehead atoms. The number of nitrogens with one attached hydrogen (secondary N) is 1. The maximum Gasteiger partial charge on any atom is 0.126 e. The predicted octanol–water partition coefficient (Wildman–Crippen LogP) is 2.74. The van der Waals surface area contributed by atoms with E-state index < -0.39 is 0 Å². The van der Waals surface area contributed by atoms with Crippen LogP contribution in [-0.4, -0.2) is 16.6 Å². The average molecular weight is 251 g/mol. The van der Waals surface area contributed by atoms with E-state index in [9.17, 15) is 0 Å². The third-order valence-corrected chi connectivity index (χ3v) is 3.39. The zero-order valence-electron chi connectivity index (χ0n) is 10.5. The van der Waals surface area contributed by atoms with Gasteiger partial charge in [-0.25, -0.2) is 0 Å². The molecule has 0 aliphatic heterocycles. The monoisotopic (exact) mass is 251 g/mol. The SMILES string of the molecule is CNC(c1ccco1)c1snnc1C(C)(C)C. The van der Waals surface area contributed by atoms with Gasteiger partial charge in [-0.1, -0.05) is 25.3 Å². The average Bonchev–Trinajstić information content (AvgIpc) is 2.87. The molecule has 2 aromatic rings. The Bertz CT molecular complexity index is 470. The van der Waals surface area contributed by atoms with E-state index in [-0.39, 0.29) is 11.5 Å². The van der Waals surface area contributed by atoms with Crippen molar-refractivity contribution in [3.05, 3.63) is 34.7 Å². The molecule has 0 amide bonds. The van der Waals surface area contributed by atoms with Gasteiger partial charge >= 0.3 is 0 Å². The minimum absolute atomic E-state index is 0.00989. The molecular weight excluding hydrogens is 234 g/mol. The molecule has 0 saturated heterocycles. The molecule has 0 aromatic carbocycles. The summed E-state index contributed by atoms with van der Waals surface area (Å²) in [6.45, 7) is 6.42. The zero-order valence-corrected chi connectivity index (χ0v) is 11.3. The summed E-state index contributed by atoms with van der Waals surface area (Å²) in [6, 6.07) is 3.89. The summed E-state index contributed by atoms with van der Waals surface area (Å²) in [4.78, 5) is 1.12. The molecule has 0 radical (unpaired) electrons. The maximum atomic E-state index is 5.47. The van der Waals surface area contributed by atoms with Crippen molar-refractivity contribution in [1.82, 2.24) is 14.9 Å². The molecule has 0 aliphatic carbocycles. The van der Waals surface area contributed by atoms with Crippen LogP contribution in [0.4, 0.5) is 0 Å². The molecule has 2 rings (SSSR count). The Balaban J connectivity index is 2.42. The van der Waals surface area contributed by atoms with E-state index in [0.29, 0.717) is 0 Å². The van der Waals surface area contributed by atoms with Crippen LogP contribution in [0.3, 0.4) is 0 Å². The lowest BCUT2D eigenvalue weighted by atomic mass is 9.90. The number of nitrogens with zero attached hydrogens (tertiary/aromatic N) is 2. The molecule has 0 aliphatic rings. The number of hydrogen-bond donors (Lipinski definition) is 1. The molecule has 0 fully saturated rings. The Kier molecular flexibility index (Phi) is 3.31. The van der Waals surface area contributed by atoms with Gasteiger partial charge in [-0.05, 0) is 30.7 Å². The molecule has 2 heterocycles. The van der Waals surface area contributed by atoms with Crippen molar-refractivity contribution in [2.24, 2.45) is 0 Å². The van der Waals surface area contributed by atoms with Crippen LogP contribution in [0.15, 0.2) is 22.8 Å². The highest BCUT2D eigenvalue weighted by atomic mass is 32.1. The van der Waals surface area contributed by atoms with E-state index in [4.69, 9.17) is 4.42 Å². The third-order valence-electron chi connectivity index (χ3n) is 2.60. The molecule has 17 heavy (non-hydrogen) atoms. The Morgan fingerprint density at radius 3 is 2.71 bits per heavy atom. The summed E-state index contributed by atoms with van der Waals surface area (Å²) >= 11 is 1.42. The van der Waals surface area contributed by atoms with Crippen molar-refractivity contribution in [3.63, 3.8) is 0 Å². The van der Waals surface area contributed by atoms with Gasteiger partial charge in [0.25, 0.3) is 0 Å². The molecule has 1 unspecified atom stereocenters. The first-order valence-corrected chi connectivity index (χ1v) is 6.34. The highest BCUT2D eigenvalue weighted by molar-refractivity contribution is 7.05. The van der Waals surface area contributed by atoms with Crippen molar-refractivity contribution in [2.75, 3.05) is 7.05 Å². The van der Waals surface area contributed by atoms with Crippen molar-refractivity contribution in [3.8, 4) is 0 Å². The smallest absolute Gasteiger partial charge is 0.126 e. The molecule has 92 valence electrons. The summed E-state index contributed by atoms with van der Waals surface area (Å²) in [5.41, 5.74) is 1.02. The number of hydrogen-bond acceptors (Lipinski definition) is 5. The van der Waals surface area contributed by atoms with E-state index in [1.54, 1.807) is 6.26 Å². The molecule has 1 N–H and O–H groups in total. The van der Waals surface area contributed by atoms with Gasteiger partial charge in [0.2, 0.25) is 0 Å². The van der Waals surface area contributed by atoms with Crippen molar-refractivity contribution < 1.29 is 4.42 Å². The standard InChI is InChI=1S/C12H17N3OS/c1-12(2,3)11-10(17-15-14-11)9(13-4)8-6-5-7-16-8/h5-7,9,13H,1-4H3. The van der Waals surface area contributed by atoms with Gasteiger partial charge < -0.3 is 9.73 Å². The van der Waals surface area contributed by atoms with Gasteiger partial charge in [0.1, 0.15) is 11.8 Å². The molecule has 1 atom stereocenters. The van der Waals surface area contributed by atoms with E-state index in [0.717, 1.165) is 16.3 Å². The summed E-state index contributed by atoms with van der Waals surface area (Å²) in [5, 5.41) is 7.51. The molecule has 0 saturated carbocycles. The lowest BCUT2D eigenvalue weighted by Crippen LogP contribution is -2.22.